The quantitative estimate of drug-likeness (QED) is 0.634. The van der Waals surface area contributed by atoms with Gasteiger partial charge in [0.25, 0.3) is 0 Å². The molecule has 0 spiro atoms. The average Bonchev–Trinajstić information content (AvgIpc) is 3.11. The molecule has 1 saturated heterocycles. The first-order valence-electron chi connectivity index (χ1n) is 11.2. The number of piperidine rings is 1. The van der Waals surface area contributed by atoms with Gasteiger partial charge in [0.2, 0.25) is 11.8 Å². The second kappa shape index (κ2) is 10.2. The van der Waals surface area contributed by atoms with Crippen molar-refractivity contribution in [3.63, 3.8) is 0 Å². The molecule has 8 nitrogen and oxygen atoms in total. The van der Waals surface area contributed by atoms with Crippen LogP contribution in [0.2, 0.25) is 0 Å². The second-order valence-electron chi connectivity index (χ2n) is 8.53. The molecule has 2 aromatic rings. The van der Waals surface area contributed by atoms with Crippen LogP contribution in [0.4, 0.5) is 5.82 Å². The lowest BCUT2D eigenvalue weighted by Crippen LogP contribution is -2.43. The lowest BCUT2D eigenvalue weighted by Gasteiger charge is -2.31. The van der Waals surface area contributed by atoms with Gasteiger partial charge < -0.3 is 10.1 Å². The summed E-state index contributed by atoms with van der Waals surface area (Å²) in [4.78, 5) is 38.6. The van der Waals surface area contributed by atoms with Gasteiger partial charge in [0.05, 0.1) is 26.1 Å². The van der Waals surface area contributed by atoms with Crippen LogP contribution in [-0.2, 0) is 27.3 Å². The molecule has 4 rings (SSSR count). The van der Waals surface area contributed by atoms with E-state index in [0.29, 0.717) is 32.7 Å². The third kappa shape index (κ3) is 5.14. The molecule has 32 heavy (non-hydrogen) atoms. The Hall–Kier alpha value is -2.84. The van der Waals surface area contributed by atoms with Gasteiger partial charge in [0, 0.05) is 37.4 Å². The number of amides is 2. The predicted molar refractivity (Wildman–Crippen MR) is 121 cm³/mol. The molecule has 0 saturated carbocycles. The first-order valence-corrected chi connectivity index (χ1v) is 11.2. The number of carbonyl (C=O) groups is 2. The van der Waals surface area contributed by atoms with E-state index < -0.39 is 0 Å². The van der Waals surface area contributed by atoms with Crippen molar-refractivity contribution in [3.05, 3.63) is 53.0 Å². The minimum Gasteiger partial charge on any atom is -0.383 e. The highest BCUT2D eigenvalue weighted by Crippen LogP contribution is 2.33. The Morgan fingerprint density at radius 3 is 2.84 bits per heavy atom. The number of methoxy groups -OCH3 is 1. The number of aryl methyl sites for hydroxylation is 1. The van der Waals surface area contributed by atoms with Crippen LogP contribution in [-0.4, -0.2) is 66.6 Å². The zero-order valence-electron chi connectivity index (χ0n) is 18.8. The molecule has 1 fully saturated rings. The van der Waals surface area contributed by atoms with E-state index in [1.54, 1.807) is 12.0 Å². The van der Waals surface area contributed by atoms with Crippen molar-refractivity contribution in [1.29, 1.82) is 0 Å². The minimum atomic E-state index is 0.00776. The summed E-state index contributed by atoms with van der Waals surface area (Å²) in [5.74, 6) is 1.74. The van der Waals surface area contributed by atoms with Gasteiger partial charge in [-0.3, -0.25) is 19.4 Å². The van der Waals surface area contributed by atoms with Gasteiger partial charge in [-0.25, -0.2) is 9.97 Å². The Bertz CT molecular complexity index is 966. The zero-order valence-corrected chi connectivity index (χ0v) is 18.8. The second-order valence-corrected chi connectivity index (χ2v) is 8.53. The summed E-state index contributed by atoms with van der Waals surface area (Å²) >= 11 is 0. The summed E-state index contributed by atoms with van der Waals surface area (Å²) in [6, 6.07) is 9.99. The first-order chi connectivity index (χ1) is 15.5. The van der Waals surface area contributed by atoms with E-state index >= 15 is 0 Å². The first kappa shape index (κ1) is 22.4. The number of hydrogen-bond donors (Lipinski definition) is 1. The largest absolute Gasteiger partial charge is 0.383 e. The number of fused-ring (bicyclic) bond motifs is 1. The fourth-order valence-electron chi connectivity index (χ4n) is 4.47. The summed E-state index contributed by atoms with van der Waals surface area (Å²) < 4.78 is 4.99. The summed E-state index contributed by atoms with van der Waals surface area (Å²) in [5.41, 5.74) is 2.89. The predicted octanol–water partition coefficient (Wildman–Crippen LogP) is 1.82. The number of anilines is 1. The number of carbonyl (C=O) groups excluding carboxylic acids is 2. The lowest BCUT2D eigenvalue weighted by molar-refractivity contribution is -0.122. The normalized spacial score (nSPS) is 18.6. The molecule has 170 valence electrons. The van der Waals surface area contributed by atoms with Crippen molar-refractivity contribution in [2.45, 2.75) is 38.6 Å². The molecule has 2 amide bonds. The van der Waals surface area contributed by atoms with Gasteiger partial charge in [0.15, 0.2) is 0 Å². The summed E-state index contributed by atoms with van der Waals surface area (Å²) in [5, 5.41) is 2.88. The molecular formula is C24H31N5O3. The third-order valence-corrected chi connectivity index (χ3v) is 6.14. The SMILES string of the molecule is COCCNC(=O)CN1CCC[C@@H](c2nc(C)c3c(n2)N(Cc2ccccc2)C(=O)C3)C1. The smallest absolute Gasteiger partial charge is 0.234 e. The molecule has 2 aliphatic rings. The third-order valence-electron chi connectivity index (χ3n) is 6.14. The van der Waals surface area contributed by atoms with Crippen molar-refractivity contribution in [2.24, 2.45) is 0 Å². The van der Waals surface area contributed by atoms with Crippen LogP contribution < -0.4 is 10.2 Å². The van der Waals surface area contributed by atoms with Gasteiger partial charge in [-0.2, -0.15) is 0 Å². The zero-order chi connectivity index (χ0) is 22.5. The van der Waals surface area contributed by atoms with Gasteiger partial charge in [-0.1, -0.05) is 30.3 Å². The van der Waals surface area contributed by atoms with Crippen LogP contribution in [0.1, 0.15) is 41.4 Å². The Kier molecular flexibility index (Phi) is 7.12. The fourth-order valence-corrected chi connectivity index (χ4v) is 4.47. The molecule has 2 aliphatic heterocycles. The molecule has 1 atom stereocenters. The van der Waals surface area contributed by atoms with Crippen molar-refractivity contribution in [3.8, 4) is 0 Å². The van der Waals surface area contributed by atoms with Crippen LogP contribution in [0, 0.1) is 6.92 Å². The molecule has 3 heterocycles. The van der Waals surface area contributed by atoms with E-state index in [9.17, 15) is 9.59 Å². The van der Waals surface area contributed by atoms with E-state index in [-0.39, 0.29) is 17.7 Å². The monoisotopic (exact) mass is 437 g/mol. The number of rotatable bonds is 8. The maximum Gasteiger partial charge on any atom is 0.234 e. The molecule has 1 aromatic carbocycles. The van der Waals surface area contributed by atoms with Crippen LogP contribution >= 0.6 is 0 Å². The van der Waals surface area contributed by atoms with Crippen molar-refractivity contribution in [1.82, 2.24) is 20.2 Å². The molecule has 0 radical (unpaired) electrons. The number of aromatic nitrogens is 2. The van der Waals surface area contributed by atoms with Crippen LogP contribution in [0.3, 0.4) is 0 Å². The Balaban J connectivity index is 1.48. The maximum atomic E-state index is 12.8. The standard InChI is InChI=1S/C24H31N5O3/c1-17-20-13-22(31)29(14-18-7-4-3-5-8-18)24(20)27-23(26-17)19-9-6-11-28(15-19)16-21(30)25-10-12-32-2/h3-5,7-8,19H,6,9-16H2,1-2H3,(H,25,30)/t19-/m1/s1. The maximum absolute atomic E-state index is 12.8. The van der Waals surface area contributed by atoms with E-state index in [1.807, 2.05) is 37.3 Å². The number of ether oxygens (including phenoxy) is 1. The van der Waals surface area contributed by atoms with Gasteiger partial charge in [-0.05, 0) is 31.9 Å². The molecule has 1 aromatic heterocycles. The molecule has 0 bridgehead atoms. The lowest BCUT2D eigenvalue weighted by atomic mass is 9.96. The number of hydrogen-bond acceptors (Lipinski definition) is 6. The van der Waals surface area contributed by atoms with Crippen molar-refractivity contribution in [2.75, 3.05) is 44.8 Å². The van der Waals surface area contributed by atoms with Gasteiger partial charge >= 0.3 is 0 Å². The highest BCUT2D eigenvalue weighted by molar-refractivity contribution is 6.00. The Morgan fingerprint density at radius 2 is 2.06 bits per heavy atom. The molecule has 8 heteroatoms. The minimum absolute atomic E-state index is 0.00776. The fraction of sp³-hybridized carbons (Fsp3) is 0.500. The molecule has 0 unspecified atom stereocenters. The highest BCUT2D eigenvalue weighted by atomic mass is 16.5. The van der Waals surface area contributed by atoms with Gasteiger partial charge in [0.1, 0.15) is 11.6 Å². The molecule has 0 aliphatic carbocycles. The van der Waals surface area contributed by atoms with Gasteiger partial charge in [-0.15, -0.1) is 0 Å². The van der Waals surface area contributed by atoms with Crippen LogP contribution in [0.15, 0.2) is 30.3 Å². The Morgan fingerprint density at radius 1 is 1.25 bits per heavy atom. The molecule has 1 N–H and O–H groups in total. The highest BCUT2D eigenvalue weighted by Gasteiger charge is 2.33. The van der Waals surface area contributed by atoms with Crippen molar-refractivity contribution < 1.29 is 14.3 Å². The Labute approximate surface area is 189 Å². The number of likely N-dealkylation sites (tertiary alicyclic amines) is 1. The van der Waals surface area contributed by atoms with Crippen molar-refractivity contribution >= 4 is 17.6 Å². The van der Waals surface area contributed by atoms with E-state index in [2.05, 4.69) is 10.2 Å². The summed E-state index contributed by atoms with van der Waals surface area (Å²) in [6.45, 7) is 5.50. The average molecular weight is 438 g/mol. The van der Waals surface area contributed by atoms with Crippen LogP contribution in [0.5, 0.6) is 0 Å². The summed E-state index contributed by atoms with van der Waals surface area (Å²) in [7, 11) is 1.62. The number of benzene rings is 1. The van der Waals surface area contributed by atoms with Crippen LogP contribution in [0.25, 0.3) is 0 Å². The van der Waals surface area contributed by atoms with E-state index in [4.69, 9.17) is 14.7 Å². The van der Waals surface area contributed by atoms with E-state index in [1.165, 1.54) is 0 Å². The molecular weight excluding hydrogens is 406 g/mol. The number of nitrogens with zero attached hydrogens (tertiary/aromatic N) is 4. The topological polar surface area (TPSA) is 87.7 Å². The van der Waals surface area contributed by atoms with E-state index in [0.717, 1.165) is 54.4 Å². The number of nitrogens with one attached hydrogen (secondary N) is 1. The summed E-state index contributed by atoms with van der Waals surface area (Å²) in [6.07, 6.45) is 2.32.